The van der Waals surface area contributed by atoms with Gasteiger partial charge in [0.25, 0.3) is 5.56 Å². The number of para-hydroxylation sites is 1. The van der Waals surface area contributed by atoms with Gasteiger partial charge in [-0.3, -0.25) is 9.89 Å². The fraction of sp³-hybridized carbons (Fsp3) is 0.0870. The molecule has 26 heavy (non-hydrogen) atoms. The van der Waals surface area contributed by atoms with E-state index in [2.05, 4.69) is 36.3 Å². The maximum Gasteiger partial charge on any atom is 0.279 e. The van der Waals surface area contributed by atoms with Crippen molar-refractivity contribution in [3.8, 4) is 28.1 Å². The standard InChI is InChI=1S/C23H20N2O/c1-16-12-14-19(15-13-16)22-21(18-9-4-3-5-10-18)23(26)25(24-22)20-11-7-6-8-17(20)2/h3-15,24H,1-2H3. The maximum atomic E-state index is 13.3. The molecule has 3 heteroatoms. The van der Waals surface area contributed by atoms with E-state index in [1.54, 1.807) is 4.68 Å². The first kappa shape index (κ1) is 16.2. The Kier molecular flexibility index (Phi) is 4.05. The van der Waals surface area contributed by atoms with Crippen molar-refractivity contribution in [3.05, 3.63) is 100 Å². The van der Waals surface area contributed by atoms with Crippen molar-refractivity contribution in [1.82, 2.24) is 9.78 Å². The number of hydrogen-bond donors (Lipinski definition) is 1. The first-order valence-electron chi connectivity index (χ1n) is 8.68. The van der Waals surface area contributed by atoms with Crippen molar-refractivity contribution in [2.75, 3.05) is 0 Å². The number of aryl methyl sites for hydroxylation is 2. The Labute approximate surface area is 152 Å². The molecule has 0 fully saturated rings. The van der Waals surface area contributed by atoms with Crippen LogP contribution in [0, 0.1) is 13.8 Å². The Bertz CT molecular complexity index is 1100. The van der Waals surface area contributed by atoms with Gasteiger partial charge in [0, 0.05) is 5.56 Å². The second-order valence-electron chi connectivity index (χ2n) is 6.52. The lowest BCUT2D eigenvalue weighted by molar-refractivity contribution is 0.846. The minimum Gasteiger partial charge on any atom is -0.290 e. The topological polar surface area (TPSA) is 37.8 Å². The first-order chi connectivity index (χ1) is 12.6. The number of nitrogens with zero attached hydrogens (tertiary/aromatic N) is 1. The van der Waals surface area contributed by atoms with Crippen LogP contribution in [0.2, 0.25) is 0 Å². The predicted molar refractivity (Wildman–Crippen MR) is 107 cm³/mol. The van der Waals surface area contributed by atoms with Crippen LogP contribution in [0.15, 0.2) is 83.7 Å². The van der Waals surface area contributed by atoms with Crippen molar-refractivity contribution in [3.63, 3.8) is 0 Å². The third-order valence-electron chi connectivity index (χ3n) is 4.65. The summed E-state index contributed by atoms with van der Waals surface area (Å²) in [5.41, 5.74) is 6.51. The summed E-state index contributed by atoms with van der Waals surface area (Å²) >= 11 is 0. The molecule has 4 rings (SSSR count). The van der Waals surface area contributed by atoms with E-state index in [-0.39, 0.29) is 5.56 Å². The zero-order valence-electron chi connectivity index (χ0n) is 14.9. The van der Waals surface area contributed by atoms with Gasteiger partial charge < -0.3 is 0 Å². The van der Waals surface area contributed by atoms with Crippen LogP contribution in [-0.2, 0) is 0 Å². The molecule has 0 saturated carbocycles. The van der Waals surface area contributed by atoms with Crippen LogP contribution in [0.5, 0.6) is 0 Å². The molecule has 4 aromatic rings. The minimum absolute atomic E-state index is 0.0407. The number of nitrogens with one attached hydrogen (secondary N) is 1. The molecule has 0 radical (unpaired) electrons. The third kappa shape index (κ3) is 2.78. The lowest BCUT2D eigenvalue weighted by Gasteiger charge is -2.05. The number of hydrogen-bond acceptors (Lipinski definition) is 1. The van der Waals surface area contributed by atoms with Gasteiger partial charge in [-0.25, -0.2) is 4.68 Å². The van der Waals surface area contributed by atoms with Crippen molar-refractivity contribution in [2.24, 2.45) is 0 Å². The van der Waals surface area contributed by atoms with E-state index in [0.717, 1.165) is 28.1 Å². The van der Waals surface area contributed by atoms with E-state index in [4.69, 9.17) is 0 Å². The average molecular weight is 340 g/mol. The van der Waals surface area contributed by atoms with Crippen molar-refractivity contribution >= 4 is 0 Å². The van der Waals surface area contributed by atoms with E-state index in [1.807, 2.05) is 61.5 Å². The number of rotatable bonds is 3. The molecule has 1 aromatic heterocycles. The molecular weight excluding hydrogens is 320 g/mol. The van der Waals surface area contributed by atoms with Crippen LogP contribution in [0.25, 0.3) is 28.1 Å². The van der Waals surface area contributed by atoms with E-state index < -0.39 is 0 Å². The Balaban J connectivity index is 2.01. The minimum atomic E-state index is -0.0407. The molecule has 0 atom stereocenters. The second-order valence-corrected chi connectivity index (χ2v) is 6.52. The van der Waals surface area contributed by atoms with E-state index >= 15 is 0 Å². The highest BCUT2D eigenvalue weighted by Crippen LogP contribution is 2.29. The van der Waals surface area contributed by atoms with Crippen LogP contribution in [0.1, 0.15) is 11.1 Å². The molecule has 1 heterocycles. The van der Waals surface area contributed by atoms with Gasteiger partial charge >= 0.3 is 0 Å². The van der Waals surface area contributed by atoms with Crippen molar-refractivity contribution < 1.29 is 0 Å². The van der Waals surface area contributed by atoms with Gasteiger partial charge in [-0.2, -0.15) is 0 Å². The van der Waals surface area contributed by atoms with Crippen LogP contribution < -0.4 is 5.56 Å². The second kappa shape index (κ2) is 6.52. The zero-order chi connectivity index (χ0) is 18.1. The monoisotopic (exact) mass is 340 g/mol. The molecule has 0 aliphatic heterocycles. The highest BCUT2D eigenvalue weighted by molar-refractivity contribution is 5.80. The van der Waals surface area contributed by atoms with Gasteiger partial charge in [-0.05, 0) is 31.0 Å². The van der Waals surface area contributed by atoms with E-state index in [1.165, 1.54) is 5.56 Å². The molecular formula is C23H20N2O. The highest BCUT2D eigenvalue weighted by Gasteiger charge is 2.18. The summed E-state index contributed by atoms with van der Waals surface area (Å²) in [6, 6.07) is 26.0. The summed E-state index contributed by atoms with van der Waals surface area (Å²) < 4.78 is 1.65. The Morgan fingerprint density at radius 1 is 0.731 bits per heavy atom. The largest absolute Gasteiger partial charge is 0.290 e. The van der Waals surface area contributed by atoms with Gasteiger partial charge in [0.1, 0.15) is 0 Å². The summed E-state index contributed by atoms with van der Waals surface area (Å²) in [5.74, 6) is 0. The van der Waals surface area contributed by atoms with Crippen molar-refractivity contribution in [1.29, 1.82) is 0 Å². The van der Waals surface area contributed by atoms with Crippen LogP contribution in [0.4, 0.5) is 0 Å². The third-order valence-corrected chi connectivity index (χ3v) is 4.65. The van der Waals surface area contributed by atoms with E-state index in [0.29, 0.717) is 5.56 Å². The smallest absolute Gasteiger partial charge is 0.279 e. The van der Waals surface area contributed by atoms with Gasteiger partial charge in [0.2, 0.25) is 0 Å². The zero-order valence-corrected chi connectivity index (χ0v) is 14.9. The highest BCUT2D eigenvalue weighted by atomic mass is 16.1. The van der Waals surface area contributed by atoms with Crippen LogP contribution in [0.3, 0.4) is 0 Å². The molecule has 0 spiro atoms. The van der Waals surface area contributed by atoms with E-state index in [9.17, 15) is 4.79 Å². The average Bonchev–Trinajstić information content (AvgIpc) is 3.00. The summed E-state index contributed by atoms with van der Waals surface area (Å²) in [6.45, 7) is 4.07. The molecule has 0 bridgehead atoms. The Morgan fingerprint density at radius 3 is 2.08 bits per heavy atom. The molecule has 0 aliphatic carbocycles. The number of aromatic nitrogens is 2. The summed E-state index contributed by atoms with van der Waals surface area (Å²) in [4.78, 5) is 13.3. The normalized spacial score (nSPS) is 10.8. The molecule has 0 aliphatic rings. The number of H-pyrrole nitrogens is 1. The number of benzene rings is 3. The van der Waals surface area contributed by atoms with Gasteiger partial charge in [-0.15, -0.1) is 0 Å². The SMILES string of the molecule is Cc1ccc(-c2[nH]n(-c3ccccc3C)c(=O)c2-c2ccccc2)cc1. The Morgan fingerprint density at radius 2 is 1.38 bits per heavy atom. The van der Waals surface area contributed by atoms with Crippen molar-refractivity contribution in [2.45, 2.75) is 13.8 Å². The molecule has 3 nitrogen and oxygen atoms in total. The summed E-state index contributed by atoms with van der Waals surface area (Å²) in [6.07, 6.45) is 0. The molecule has 0 unspecified atom stereocenters. The maximum absolute atomic E-state index is 13.3. The summed E-state index contributed by atoms with van der Waals surface area (Å²) in [7, 11) is 0. The quantitative estimate of drug-likeness (QED) is 0.552. The van der Waals surface area contributed by atoms with Gasteiger partial charge in [0.05, 0.1) is 16.9 Å². The predicted octanol–water partition coefficient (Wildman–Crippen LogP) is 5.12. The van der Waals surface area contributed by atoms with Crippen LogP contribution in [-0.4, -0.2) is 9.78 Å². The lowest BCUT2D eigenvalue weighted by Crippen LogP contribution is -2.16. The molecule has 1 N–H and O–H groups in total. The van der Waals surface area contributed by atoms with Gasteiger partial charge in [-0.1, -0.05) is 78.4 Å². The fourth-order valence-corrected chi connectivity index (χ4v) is 3.22. The lowest BCUT2D eigenvalue weighted by atomic mass is 10.0. The van der Waals surface area contributed by atoms with Crippen LogP contribution >= 0.6 is 0 Å². The summed E-state index contributed by atoms with van der Waals surface area (Å²) in [5, 5.41) is 3.35. The Hall–Kier alpha value is -3.33. The molecule has 0 saturated heterocycles. The molecule has 3 aromatic carbocycles. The molecule has 128 valence electrons. The fourth-order valence-electron chi connectivity index (χ4n) is 3.22. The molecule has 0 amide bonds. The number of aromatic amines is 1. The first-order valence-corrected chi connectivity index (χ1v) is 8.68. The van der Waals surface area contributed by atoms with Gasteiger partial charge in [0.15, 0.2) is 0 Å².